The number of amides is 3. The number of carboxylic acid groups (broad SMARTS) is 1. The number of halogens is 3. The van der Waals surface area contributed by atoms with Crippen LogP contribution in [0.2, 0.25) is 5.02 Å². The van der Waals surface area contributed by atoms with Crippen LogP contribution in [0.15, 0.2) is 78.0 Å². The molecule has 11 heteroatoms. The van der Waals surface area contributed by atoms with Crippen molar-refractivity contribution in [3.8, 4) is 11.5 Å². The van der Waals surface area contributed by atoms with Crippen LogP contribution in [0.5, 0.6) is 11.5 Å². The van der Waals surface area contributed by atoms with E-state index in [2.05, 4.69) is 5.32 Å². The average Bonchev–Trinajstić information content (AvgIpc) is 2.91. The fourth-order valence-corrected chi connectivity index (χ4v) is 4.60. The second-order valence-electron chi connectivity index (χ2n) is 9.17. The lowest BCUT2D eigenvalue weighted by Gasteiger charge is -2.35. The molecule has 1 aliphatic heterocycles. The van der Waals surface area contributed by atoms with Gasteiger partial charge in [-0.15, -0.1) is 0 Å². The molecule has 0 aliphatic carbocycles. The van der Waals surface area contributed by atoms with Gasteiger partial charge in [0.1, 0.15) is 11.6 Å². The summed E-state index contributed by atoms with van der Waals surface area (Å²) >= 11 is 6.06. The van der Waals surface area contributed by atoms with Gasteiger partial charge in [0.25, 0.3) is 5.91 Å². The van der Waals surface area contributed by atoms with Gasteiger partial charge >= 0.3 is 12.0 Å². The molecule has 0 aromatic heterocycles. The summed E-state index contributed by atoms with van der Waals surface area (Å²) in [6.45, 7) is 2.05. The van der Waals surface area contributed by atoms with Crippen LogP contribution in [-0.4, -0.2) is 53.0 Å². The van der Waals surface area contributed by atoms with Crippen LogP contribution in [0.25, 0.3) is 0 Å². The molecule has 1 atom stereocenters. The van der Waals surface area contributed by atoms with E-state index in [0.717, 1.165) is 6.07 Å². The summed E-state index contributed by atoms with van der Waals surface area (Å²) in [6, 6.07) is 14.4. The molecule has 1 heterocycles. The van der Waals surface area contributed by atoms with E-state index in [0.29, 0.717) is 34.3 Å². The van der Waals surface area contributed by atoms with E-state index < -0.39 is 29.7 Å². The van der Waals surface area contributed by atoms with Gasteiger partial charge in [0.05, 0.1) is 11.6 Å². The molecule has 3 aromatic rings. The number of nitrogens with one attached hydrogen (secondary N) is 1. The van der Waals surface area contributed by atoms with E-state index in [1.165, 1.54) is 40.1 Å². The van der Waals surface area contributed by atoms with Gasteiger partial charge in [0, 0.05) is 42.5 Å². The number of nitrogens with zero attached hydrogens (tertiary/aromatic N) is 2. The topological polar surface area (TPSA) is 99.2 Å². The highest BCUT2D eigenvalue weighted by atomic mass is 35.5. The lowest BCUT2D eigenvalue weighted by molar-refractivity contribution is -0.133. The van der Waals surface area contributed by atoms with Gasteiger partial charge in [0.15, 0.2) is 11.6 Å². The maximum Gasteiger partial charge on any atom is 0.335 e. The number of hydrogen-bond acceptors (Lipinski definition) is 4. The summed E-state index contributed by atoms with van der Waals surface area (Å²) in [7, 11) is 1.61. The van der Waals surface area contributed by atoms with Gasteiger partial charge in [0.2, 0.25) is 0 Å². The minimum atomic E-state index is -1.16. The second-order valence-corrected chi connectivity index (χ2v) is 9.61. The molecule has 0 radical (unpaired) electrons. The lowest BCUT2D eigenvalue weighted by atomic mass is 9.95. The summed E-state index contributed by atoms with van der Waals surface area (Å²) in [5, 5.41) is 13.1. The lowest BCUT2D eigenvalue weighted by Crippen LogP contribution is -2.48. The maximum atomic E-state index is 13.8. The van der Waals surface area contributed by atoms with Crippen molar-refractivity contribution in [2.45, 2.75) is 19.4 Å². The Bertz CT molecular complexity index is 1480. The van der Waals surface area contributed by atoms with Crippen LogP contribution in [0.3, 0.4) is 0 Å². The SMILES string of the molecule is CC1=C(C(=O)O)C(c2cccc(Cl)c2)NC(=O)N1CCCN(C)C(=O)c1ccc(Oc2ccc(F)cc2F)cc1. The van der Waals surface area contributed by atoms with Crippen molar-refractivity contribution in [2.24, 2.45) is 0 Å². The van der Waals surface area contributed by atoms with E-state index in [-0.39, 0.29) is 36.1 Å². The Morgan fingerprint density at radius 3 is 2.48 bits per heavy atom. The van der Waals surface area contributed by atoms with Crippen LogP contribution in [0, 0.1) is 11.6 Å². The predicted molar refractivity (Wildman–Crippen MR) is 144 cm³/mol. The average molecular weight is 570 g/mol. The zero-order chi connectivity index (χ0) is 29.0. The molecule has 0 bridgehead atoms. The quantitative estimate of drug-likeness (QED) is 0.329. The standard InChI is InChI=1S/C29H26ClF2N3O5/c1-17-25(28(37)38)26(19-5-3-6-20(30)15-19)33-29(39)35(17)14-4-13-34(2)27(36)18-7-10-22(11-8-18)40-24-12-9-21(31)16-23(24)32/h3,5-12,15-16,26H,4,13-14H2,1-2H3,(H,33,39)(H,37,38). The van der Waals surface area contributed by atoms with Crippen molar-refractivity contribution in [3.05, 3.63) is 106 Å². The molecule has 0 fully saturated rings. The molecule has 208 valence electrons. The Kier molecular flexibility index (Phi) is 8.69. The van der Waals surface area contributed by atoms with Crippen molar-refractivity contribution in [1.82, 2.24) is 15.1 Å². The molecular formula is C29H26ClF2N3O5. The first-order chi connectivity index (χ1) is 19.0. The molecule has 3 aromatic carbocycles. The largest absolute Gasteiger partial charge is 0.478 e. The van der Waals surface area contributed by atoms with Crippen molar-refractivity contribution < 1.29 is 33.0 Å². The number of urea groups is 1. The van der Waals surface area contributed by atoms with Gasteiger partial charge in [-0.2, -0.15) is 0 Å². The minimum absolute atomic E-state index is 0.0362. The number of hydrogen-bond donors (Lipinski definition) is 2. The Morgan fingerprint density at radius 2 is 1.82 bits per heavy atom. The van der Waals surface area contributed by atoms with Crippen molar-refractivity contribution in [1.29, 1.82) is 0 Å². The first-order valence-electron chi connectivity index (χ1n) is 12.3. The fourth-order valence-electron chi connectivity index (χ4n) is 4.40. The Morgan fingerprint density at radius 1 is 1.10 bits per heavy atom. The number of carbonyl (C=O) groups excluding carboxylic acids is 2. The Balaban J connectivity index is 1.37. The number of ether oxygens (including phenoxy) is 1. The summed E-state index contributed by atoms with van der Waals surface area (Å²) in [4.78, 5) is 40.7. The van der Waals surface area contributed by atoms with E-state index in [4.69, 9.17) is 16.3 Å². The molecule has 40 heavy (non-hydrogen) atoms. The second kappa shape index (κ2) is 12.2. The minimum Gasteiger partial charge on any atom is -0.478 e. The Hall–Kier alpha value is -4.44. The van der Waals surface area contributed by atoms with Crippen LogP contribution >= 0.6 is 11.6 Å². The van der Waals surface area contributed by atoms with Gasteiger partial charge in [-0.3, -0.25) is 9.69 Å². The van der Waals surface area contributed by atoms with Crippen molar-refractivity contribution in [2.75, 3.05) is 20.1 Å². The third-order valence-corrected chi connectivity index (χ3v) is 6.69. The number of carboxylic acids is 1. The van der Waals surface area contributed by atoms with Gasteiger partial charge in [-0.1, -0.05) is 23.7 Å². The van der Waals surface area contributed by atoms with Crippen LogP contribution in [0.1, 0.15) is 35.3 Å². The number of aliphatic carboxylic acids is 1. The van der Waals surface area contributed by atoms with Crippen molar-refractivity contribution >= 4 is 29.5 Å². The molecular weight excluding hydrogens is 544 g/mol. The molecule has 1 aliphatic rings. The molecule has 2 N–H and O–H groups in total. The predicted octanol–water partition coefficient (Wildman–Crippen LogP) is 6.00. The zero-order valence-corrected chi connectivity index (χ0v) is 22.4. The summed E-state index contributed by atoms with van der Waals surface area (Å²) < 4.78 is 32.3. The third kappa shape index (κ3) is 6.40. The monoisotopic (exact) mass is 569 g/mol. The smallest absolute Gasteiger partial charge is 0.335 e. The molecule has 0 saturated heterocycles. The first kappa shape index (κ1) is 28.6. The summed E-state index contributed by atoms with van der Waals surface area (Å²) in [5.74, 6) is -2.88. The maximum absolute atomic E-state index is 13.8. The molecule has 3 amide bonds. The highest BCUT2D eigenvalue weighted by molar-refractivity contribution is 6.30. The van der Waals surface area contributed by atoms with Gasteiger partial charge in [-0.05, 0) is 67.4 Å². The number of allylic oxidation sites excluding steroid dienone is 1. The molecule has 0 spiro atoms. The van der Waals surface area contributed by atoms with E-state index in [1.54, 1.807) is 38.2 Å². The van der Waals surface area contributed by atoms with E-state index in [9.17, 15) is 28.3 Å². The van der Waals surface area contributed by atoms with Gasteiger partial charge in [-0.25, -0.2) is 18.4 Å². The molecule has 0 saturated carbocycles. The third-order valence-electron chi connectivity index (χ3n) is 6.45. The summed E-state index contributed by atoms with van der Waals surface area (Å²) in [5.41, 5.74) is 1.26. The normalized spacial score (nSPS) is 15.1. The highest BCUT2D eigenvalue weighted by Gasteiger charge is 2.35. The Labute approximate surface area is 234 Å². The number of carbonyl (C=O) groups is 3. The van der Waals surface area contributed by atoms with Crippen molar-refractivity contribution in [3.63, 3.8) is 0 Å². The van der Waals surface area contributed by atoms with E-state index >= 15 is 0 Å². The molecule has 8 nitrogen and oxygen atoms in total. The molecule has 1 unspecified atom stereocenters. The zero-order valence-electron chi connectivity index (χ0n) is 21.7. The van der Waals surface area contributed by atoms with E-state index in [1.807, 2.05) is 0 Å². The fraction of sp³-hybridized carbons (Fsp3) is 0.207. The van der Waals surface area contributed by atoms with Crippen LogP contribution in [-0.2, 0) is 4.79 Å². The highest BCUT2D eigenvalue weighted by Crippen LogP contribution is 2.32. The van der Waals surface area contributed by atoms with Crippen LogP contribution < -0.4 is 10.1 Å². The summed E-state index contributed by atoms with van der Waals surface area (Å²) in [6.07, 6.45) is 0.382. The van der Waals surface area contributed by atoms with Gasteiger partial charge < -0.3 is 20.1 Å². The first-order valence-corrected chi connectivity index (χ1v) is 12.7. The number of benzene rings is 3. The molecule has 4 rings (SSSR count). The number of rotatable bonds is 9. The van der Waals surface area contributed by atoms with Crippen LogP contribution in [0.4, 0.5) is 13.6 Å².